The van der Waals surface area contributed by atoms with Gasteiger partial charge in [0, 0.05) is 31.2 Å². The minimum Gasteiger partial charge on any atom is -0.381 e. The number of ether oxygens (including phenoxy) is 1. The molecular weight excluding hydrogens is 236 g/mol. The van der Waals surface area contributed by atoms with Gasteiger partial charge in [0.25, 0.3) is 0 Å². The van der Waals surface area contributed by atoms with E-state index in [4.69, 9.17) is 4.74 Å². The summed E-state index contributed by atoms with van der Waals surface area (Å²) in [6.45, 7) is 12.6. The molecular formula is C16H32N2O. The molecule has 0 aromatic rings. The lowest BCUT2D eigenvalue weighted by Gasteiger charge is -2.39. The van der Waals surface area contributed by atoms with E-state index in [1.165, 1.54) is 38.8 Å². The molecule has 2 rings (SSSR count). The van der Waals surface area contributed by atoms with Crippen LogP contribution in [0, 0.1) is 11.8 Å². The molecule has 0 radical (unpaired) electrons. The summed E-state index contributed by atoms with van der Waals surface area (Å²) in [5.74, 6) is 1.63. The van der Waals surface area contributed by atoms with Gasteiger partial charge in [-0.3, -0.25) is 4.90 Å². The summed E-state index contributed by atoms with van der Waals surface area (Å²) in [4.78, 5) is 2.70. The van der Waals surface area contributed by atoms with Crippen molar-refractivity contribution in [2.24, 2.45) is 11.8 Å². The summed E-state index contributed by atoms with van der Waals surface area (Å²) >= 11 is 0. The van der Waals surface area contributed by atoms with Gasteiger partial charge in [0.1, 0.15) is 0 Å². The van der Waals surface area contributed by atoms with Crippen molar-refractivity contribution in [2.45, 2.75) is 58.5 Å². The van der Waals surface area contributed by atoms with Crippen LogP contribution in [0.1, 0.15) is 46.5 Å². The van der Waals surface area contributed by atoms with Crippen LogP contribution in [-0.4, -0.2) is 49.8 Å². The zero-order valence-electron chi connectivity index (χ0n) is 13.0. The smallest absolute Gasteiger partial charge is 0.0510 e. The molecule has 0 spiro atoms. The predicted molar refractivity (Wildman–Crippen MR) is 80.4 cm³/mol. The van der Waals surface area contributed by atoms with Gasteiger partial charge in [0.2, 0.25) is 0 Å². The number of piperidine rings is 1. The summed E-state index contributed by atoms with van der Waals surface area (Å²) in [7, 11) is 0. The van der Waals surface area contributed by atoms with Crippen LogP contribution in [0.4, 0.5) is 0 Å². The summed E-state index contributed by atoms with van der Waals surface area (Å²) < 4.78 is 5.59. The van der Waals surface area contributed by atoms with Crippen molar-refractivity contribution in [3.63, 3.8) is 0 Å². The van der Waals surface area contributed by atoms with Crippen molar-refractivity contribution in [2.75, 3.05) is 32.8 Å². The third-order valence-corrected chi connectivity index (χ3v) is 4.90. The molecule has 2 aliphatic heterocycles. The maximum atomic E-state index is 5.59. The molecule has 0 aliphatic carbocycles. The predicted octanol–water partition coefficient (Wildman–Crippen LogP) is 2.51. The highest BCUT2D eigenvalue weighted by molar-refractivity contribution is 4.86. The number of nitrogens with zero attached hydrogens (tertiary/aromatic N) is 1. The molecule has 3 nitrogen and oxygen atoms in total. The molecule has 0 aromatic carbocycles. The van der Waals surface area contributed by atoms with Crippen molar-refractivity contribution in [1.29, 1.82) is 0 Å². The van der Waals surface area contributed by atoms with Crippen molar-refractivity contribution < 1.29 is 4.74 Å². The summed E-state index contributed by atoms with van der Waals surface area (Å²) in [5.41, 5.74) is 0. The Kier molecular flexibility index (Phi) is 6.11. The standard InChI is InChI=1S/C16H32N2O/c1-4-7-17-16(15-6-9-19-12-15)11-18-8-5-13(2)10-14(18)3/h13-17H,4-12H2,1-3H3. The zero-order valence-corrected chi connectivity index (χ0v) is 13.0. The molecule has 0 saturated carbocycles. The van der Waals surface area contributed by atoms with Gasteiger partial charge in [-0.25, -0.2) is 0 Å². The second-order valence-electron chi connectivity index (χ2n) is 6.66. The van der Waals surface area contributed by atoms with Gasteiger partial charge in [0.05, 0.1) is 6.61 Å². The Balaban J connectivity index is 1.87. The Bertz CT molecular complexity index is 253. The van der Waals surface area contributed by atoms with Crippen molar-refractivity contribution in [3.05, 3.63) is 0 Å². The van der Waals surface area contributed by atoms with Gasteiger partial charge < -0.3 is 10.1 Å². The lowest BCUT2D eigenvalue weighted by Crippen LogP contribution is -2.51. The van der Waals surface area contributed by atoms with Crippen LogP contribution in [-0.2, 0) is 4.74 Å². The highest BCUT2D eigenvalue weighted by Gasteiger charge is 2.30. The summed E-state index contributed by atoms with van der Waals surface area (Å²) in [5, 5.41) is 3.77. The van der Waals surface area contributed by atoms with Crippen LogP contribution in [0.3, 0.4) is 0 Å². The highest BCUT2D eigenvalue weighted by atomic mass is 16.5. The van der Waals surface area contributed by atoms with Gasteiger partial charge in [-0.2, -0.15) is 0 Å². The first-order valence-electron chi connectivity index (χ1n) is 8.25. The molecule has 19 heavy (non-hydrogen) atoms. The molecule has 0 bridgehead atoms. The van der Waals surface area contributed by atoms with Crippen LogP contribution < -0.4 is 5.32 Å². The average molecular weight is 268 g/mol. The number of nitrogens with one attached hydrogen (secondary N) is 1. The van der Waals surface area contributed by atoms with Crippen LogP contribution in [0.25, 0.3) is 0 Å². The van der Waals surface area contributed by atoms with Crippen LogP contribution in [0.5, 0.6) is 0 Å². The van der Waals surface area contributed by atoms with Crippen molar-refractivity contribution >= 4 is 0 Å². The van der Waals surface area contributed by atoms with E-state index in [1.807, 2.05) is 0 Å². The Morgan fingerprint density at radius 1 is 1.32 bits per heavy atom. The fourth-order valence-electron chi connectivity index (χ4n) is 3.56. The fraction of sp³-hybridized carbons (Fsp3) is 1.00. The van der Waals surface area contributed by atoms with Gasteiger partial charge >= 0.3 is 0 Å². The van der Waals surface area contributed by atoms with Gasteiger partial charge in [-0.1, -0.05) is 13.8 Å². The van der Waals surface area contributed by atoms with Crippen LogP contribution in [0.15, 0.2) is 0 Å². The van der Waals surface area contributed by atoms with Crippen LogP contribution >= 0.6 is 0 Å². The molecule has 2 aliphatic rings. The second-order valence-corrected chi connectivity index (χ2v) is 6.66. The summed E-state index contributed by atoms with van der Waals surface area (Å²) in [6.07, 6.45) is 5.18. The monoisotopic (exact) mass is 268 g/mol. The first-order chi connectivity index (χ1) is 9.20. The molecule has 4 unspecified atom stereocenters. The lowest BCUT2D eigenvalue weighted by atomic mass is 9.91. The van der Waals surface area contributed by atoms with E-state index in [0.717, 1.165) is 37.6 Å². The highest BCUT2D eigenvalue weighted by Crippen LogP contribution is 2.24. The SMILES string of the molecule is CCCNC(CN1CCC(C)CC1C)C1CCOC1. The third-order valence-electron chi connectivity index (χ3n) is 4.90. The number of hydrogen-bond donors (Lipinski definition) is 1. The fourth-order valence-corrected chi connectivity index (χ4v) is 3.56. The van der Waals surface area contributed by atoms with E-state index in [9.17, 15) is 0 Å². The Labute approximate surface area is 119 Å². The molecule has 4 atom stereocenters. The molecule has 2 heterocycles. The van der Waals surface area contributed by atoms with E-state index >= 15 is 0 Å². The van der Waals surface area contributed by atoms with Gasteiger partial charge in [-0.15, -0.1) is 0 Å². The molecule has 0 amide bonds. The normalized spacial score (nSPS) is 34.6. The van der Waals surface area contributed by atoms with E-state index in [-0.39, 0.29) is 0 Å². The quantitative estimate of drug-likeness (QED) is 0.801. The minimum absolute atomic E-state index is 0.623. The first-order valence-corrected chi connectivity index (χ1v) is 8.25. The molecule has 112 valence electrons. The molecule has 2 fully saturated rings. The van der Waals surface area contributed by atoms with Gasteiger partial charge in [-0.05, 0) is 51.6 Å². The number of likely N-dealkylation sites (tertiary alicyclic amines) is 1. The third kappa shape index (κ3) is 4.44. The van der Waals surface area contributed by atoms with Gasteiger partial charge in [0.15, 0.2) is 0 Å². The largest absolute Gasteiger partial charge is 0.381 e. The molecule has 0 aromatic heterocycles. The lowest BCUT2D eigenvalue weighted by molar-refractivity contribution is 0.0998. The van der Waals surface area contributed by atoms with Crippen molar-refractivity contribution in [3.8, 4) is 0 Å². The minimum atomic E-state index is 0.623. The maximum Gasteiger partial charge on any atom is 0.0510 e. The summed E-state index contributed by atoms with van der Waals surface area (Å²) in [6, 6.07) is 1.37. The zero-order chi connectivity index (χ0) is 13.7. The van der Waals surface area contributed by atoms with E-state index in [0.29, 0.717) is 6.04 Å². The second kappa shape index (κ2) is 7.61. The van der Waals surface area contributed by atoms with Crippen LogP contribution in [0.2, 0.25) is 0 Å². The van der Waals surface area contributed by atoms with E-state index < -0.39 is 0 Å². The number of rotatable bonds is 6. The Hall–Kier alpha value is -0.120. The average Bonchev–Trinajstić information content (AvgIpc) is 2.90. The maximum absolute atomic E-state index is 5.59. The molecule has 3 heteroatoms. The number of hydrogen-bond acceptors (Lipinski definition) is 3. The molecule has 1 N–H and O–H groups in total. The first kappa shape index (κ1) is 15.3. The Morgan fingerprint density at radius 3 is 2.79 bits per heavy atom. The Morgan fingerprint density at radius 2 is 2.16 bits per heavy atom. The topological polar surface area (TPSA) is 24.5 Å². The molecule has 2 saturated heterocycles. The van der Waals surface area contributed by atoms with E-state index in [2.05, 4.69) is 31.0 Å². The van der Waals surface area contributed by atoms with E-state index in [1.54, 1.807) is 0 Å². The van der Waals surface area contributed by atoms with Crippen molar-refractivity contribution in [1.82, 2.24) is 10.2 Å².